The van der Waals surface area contributed by atoms with Crippen LogP contribution in [0.5, 0.6) is 0 Å². The molecule has 21 heavy (non-hydrogen) atoms. The highest BCUT2D eigenvalue weighted by atomic mass is 79.9. The van der Waals surface area contributed by atoms with Crippen LogP contribution in [-0.2, 0) is 14.6 Å². The zero-order chi connectivity index (χ0) is 15.3. The number of carbonyl (C=O) groups excluding carboxylic acids is 1. The van der Waals surface area contributed by atoms with Gasteiger partial charge < -0.3 is 11.1 Å². The van der Waals surface area contributed by atoms with Gasteiger partial charge in [0.15, 0.2) is 0 Å². The number of benzene rings is 1. The molecule has 1 aromatic rings. The van der Waals surface area contributed by atoms with E-state index in [1.54, 1.807) is 0 Å². The summed E-state index contributed by atoms with van der Waals surface area (Å²) < 4.78 is 23.0. The molecule has 0 aliphatic heterocycles. The number of nitrogens with two attached hydrogens (primary N) is 1. The van der Waals surface area contributed by atoms with Crippen molar-refractivity contribution in [1.82, 2.24) is 5.32 Å². The van der Waals surface area contributed by atoms with Crippen molar-refractivity contribution < 1.29 is 13.2 Å². The number of halogens is 2. The summed E-state index contributed by atoms with van der Waals surface area (Å²) in [5.74, 6) is -0.442. The largest absolute Gasteiger partial charge is 0.348 e. The van der Waals surface area contributed by atoms with Crippen LogP contribution in [-0.4, -0.2) is 32.4 Å². The van der Waals surface area contributed by atoms with Gasteiger partial charge in [0.1, 0.15) is 9.84 Å². The zero-order valence-corrected chi connectivity index (χ0v) is 15.1. The predicted octanol–water partition coefficient (Wildman–Crippen LogP) is 1.81. The molecule has 0 heterocycles. The molecule has 0 aromatic heterocycles. The number of nitrogens with one attached hydrogen (secondary N) is 1. The van der Waals surface area contributed by atoms with Crippen LogP contribution in [0.25, 0.3) is 0 Å². The van der Waals surface area contributed by atoms with Crippen molar-refractivity contribution in [2.24, 2.45) is 5.73 Å². The zero-order valence-electron chi connectivity index (χ0n) is 11.9. The summed E-state index contributed by atoms with van der Waals surface area (Å²) in [5, 5.41) is 2.78. The molecule has 0 saturated heterocycles. The molecule has 8 heteroatoms. The molecule has 1 rings (SSSR count). The summed E-state index contributed by atoms with van der Waals surface area (Å²) in [7, 11) is -3.11. The normalized spacial score (nSPS) is 13.9. The Morgan fingerprint density at radius 2 is 1.95 bits per heavy atom. The molecule has 0 saturated carbocycles. The topological polar surface area (TPSA) is 89.3 Å². The van der Waals surface area contributed by atoms with Gasteiger partial charge in [-0.2, -0.15) is 0 Å². The first-order valence-corrected chi connectivity index (χ1v) is 9.04. The number of hydrogen-bond acceptors (Lipinski definition) is 4. The molecule has 0 aliphatic carbocycles. The maximum atomic E-state index is 11.9. The smallest absolute Gasteiger partial charge is 0.237 e. The fourth-order valence-corrected chi connectivity index (χ4v) is 3.01. The third-order valence-corrected chi connectivity index (χ3v) is 4.57. The fraction of sp³-hybridized carbons (Fsp3) is 0.462. The highest BCUT2D eigenvalue weighted by Crippen LogP contribution is 2.22. The van der Waals surface area contributed by atoms with E-state index in [1.165, 1.54) is 0 Å². The number of hydrogen-bond donors (Lipinski definition) is 2. The van der Waals surface area contributed by atoms with Crippen LogP contribution in [0, 0.1) is 0 Å². The van der Waals surface area contributed by atoms with Crippen LogP contribution in [0.2, 0.25) is 0 Å². The third kappa shape index (κ3) is 7.26. The van der Waals surface area contributed by atoms with Crippen molar-refractivity contribution >= 4 is 44.1 Å². The van der Waals surface area contributed by atoms with Gasteiger partial charge in [-0.1, -0.05) is 34.1 Å². The molecule has 120 valence electrons. The molecule has 0 spiro atoms. The van der Waals surface area contributed by atoms with E-state index >= 15 is 0 Å². The second kappa shape index (κ2) is 8.73. The van der Waals surface area contributed by atoms with Crippen molar-refractivity contribution in [2.75, 3.05) is 12.0 Å². The van der Waals surface area contributed by atoms with E-state index in [-0.39, 0.29) is 36.5 Å². The van der Waals surface area contributed by atoms with Gasteiger partial charge in [-0.05, 0) is 25.0 Å². The highest BCUT2D eigenvalue weighted by Gasteiger charge is 2.19. The van der Waals surface area contributed by atoms with Gasteiger partial charge in [-0.3, -0.25) is 4.79 Å². The van der Waals surface area contributed by atoms with Gasteiger partial charge in [-0.15, -0.1) is 12.4 Å². The summed E-state index contributed by atoms with van der Waals surface area (Å²) in [6.07, 6.45) is 1.24. The van der Waals surface area contributed by atoms with Gasteiger partial charge in [0, 0.05) is 10.7 Å². The first kappa shape index (κ1) is 20.4. The highest BCUT2D eigenvalue weighted by molar-refractivity contribution is 9.10. The summed E-state index contributed by atoms with van der Waals surface area (Å²) in [6.45, 7) is 1.85. The van der Waals surface area contributed by atoms with E-state index in [4.69, 9.17) is 5.73 Å². The maximum absolute atomic E-state index is 11.9. The Labute approximate surface area is 140 Å². The third-order valence-electron chi connectivity index (χ3n) is 2.87. The first-order valence-electron chi connectivity index (χ1n) is 6.19. The Balaban J connectivity index is 0.00000400. The van der Waals surface area contributed by atoms with Crippen LogP contribution < -0.4 is 11.1 Å². The standard InChI is InChI=1S/C13H19BrN2O3S.ClH/c1-9(10-5-3-4-6-11(10)14)16-13(17)12(15)7-8-20(2,18)19;/h3-6,9,12H,7-8,15H2,1-2H3,(H,16,17);1H. The van der Waals surface area contributed by atoms with Crippen molar-refractivity contribution in [3.63, 3.8) is 0 Å². The fourth-order valence-electron chi connectivity index (χ4n) is 1.70. The minimum atomic E-state index is -3.11. The van der Waals surface area contributed by atoms with Crippen molar-refractivity contribution in [3.8, 4) is 0 Å². The van der Waals surface area contributed by atoms with Crippen LogP contribution in [0.1, 0.15) is 24.9 Å². The quantitative estimate of drug-likeness (QED) is 0.763. The lowest BCUT2D eigenvalue weighted by molar-refractivity contribution is -0.123. The van der Waals surface area contributed by atoms with Gasteiger partial charge in [-0.25, -0.2) is 8.42 Å². The van der Waals surface area contributed by atoms with Gasteiger partial charge in [0.2, 0.25) is 5.91 Å². The van der Waals surface area contributed by atoms with Crippen LogP contribution in [0.15, 0.2) is 28.7 Å². The van der Waals surface area contributed by atoms with Crippen molar-refractivity contribution in [2.45, 2.75) is 25.4 Å². The van der Waals surface area contributed by atoms with E-state index in [2.05, 4.69) is 21.2 Å². The van der Waals surface area contributed by atoms with E-state index < -0.39 is 15.9 Å². The number of sulfone groups is 1. The van der Waals surface area contributed by atoms with Crippen molar-refractivity contribution in [3.05, 3.63) is 34.3 Å². The second-order valence-electron chi connectivity index (χ2n) is 4.78. The molecule has 0 aliphatic rings. The Bertz CT molecular complexity index is 581. The summed E-state index contributed by atoms with van der Waals surface area (Å²) in [6, 6.07) is 6.53. The minimum Gasteiger partial charge on any atom is -0.348 e. The SMILES string of the molecule is CC(NC(=O)C(N)CCS(C)(=O)=O)c1ccccc1Br.Cl. The molecule has 1 aromatic carbocycles. The maximum Gasteiger partial charge on any atom is 0.237 e. The van der Waals surface area contributed by atoms with Crippen LogP contribution in [0.4, 0.5) is 0 Å². The van der Waals surface area contributed by atoms with Crippen LogP contribution >= 0.6 is 28.3 Å². The van der Waals surface area contributed by atoms with E-state index in [0.717, 1.165) is 16.3 Å². The first-order chi connectivity index (χ1) is 9.20. The molecule has 2 atom stereocenters. The minimum absolute atomic E-state index is 0. The molecular formula is C13H20BrClN2O3S. The lowest BCUT2D eigenvalue weighted by atomic mass is 10.1. The molecule has 0 radical (unpaired) electrons. The molecule has 5 nitrogen and oxygen atoms in total. The average molecular weight is 400 g/mol. The number of carbonyl (C=O) groups is 1. The van der Waals surface area contributed by atoms with E-state index in [1.807, 2.05) is 31.2 Å². The predicted molar refractivity (Wildman–Crippen MR) is 90.3 cm³/mol. The number of amides is 1. The Kier molecular flexibility index (Phi) is 8.46. The van der Waals surface area contributed by atoms with Crippen LogP contribution in [0.3, 0.4) is 0 Å². The monoisotopic (exact) mass is 398 g/mol. The molecule has 3 N–H and O–H groups in total. The van der Waals surface area contributed by atoms with E-state index in [0.29, 0.717) is 0 Å². The molecule has 2 unspecified atom stereocenters. The summed E-state index contributed by atoms with van der Waals surface area (Å²) >= 11 is 3.42. The Morgan fingerprint density at radius 1 is 1.38 bits per heavy atom. The van der Waals surface area contributed by atoms with Gasteiger partial charge in [0.05, 0.1) is 17.8 Å². The average Bonchev–Trinajstić information content (AvgIpc) is 2.35. The lowest BCUT2D eigenvalue weighted by Crippen LogP contribution is -2.42. The summed E-state index contributed by atoms with van der Waals surface area (Å²) in [5.41, 5.74) is 6.64. The van der Waals surface area contributed by atoms with Crippen molar-refractivity contribution in [1.29, 1.82) is 0 Å². The molecule has 0 fully saturated rings. The van der Waals surface area contributed by atoms with E-state index in [9.17, 15) is 13.2 Å². The molecule has 1 amide bonds. The molecule has 0 bridgehead atoms. The lowest BCUT2D eigenvalue weighted by Gasteiger charge is -2.18. The van der Waals surface area contributed by atoms with Gasteiger partial charge in [0.25, 0.3) is 0 Å². The van der Waals surface area contributed by atoms with Gasteiger partial charge >= 0.3 is 0 Å². The summed E-state index contributed by atoms with van der Waals surface area (Å²) in [4.78, 5) is 11.9. The molecular weight excluding hydrogens is 380 g/mol. The Morgan fingerprint density at radius 3 is 2.48 bits per heavy atom. The number of rotatable bonds is 6. The Hall–Kier alpha value is -0.630. The second-order valence-corrected chi connectivity index (χ2v) is 7.89.